The molecule has 0 unspecified atom stereocenters. The van der Waals surface area contributed by atoms with Gasteiger partial charge in [-0.1, -0.05) is 12.1 Å². The van der Waals surface area contributed by atoms with Crippen LogP contribution in [0.4, 0.5) is 0 Å². The van der Waals surface area contributed by atoms with E-state index in [1.165, 1.54) is 0 Å². The molecule has 100 valence electrons. The third-order valence-corrected chi connectivity index (χ3v) is 3.59. The van der Waals surface area contributed by atoms with Gasteiger partial charge in [0.05, 0.1) is 20.1 Å². The Hall–Kier alpha value is -1.88. The van der Waals surface area contributed by atoms with E-state index in [2.05, 4.69) is 10.3 Å². The van der Waals surface area contributed by atoms with Crippen LogP contribution in [0.3, 0.4) is 0 Å². The van der Waals surface area contributed by atoms with Gasteiger partial charge in [0.1, 0.15) is 10.8 Å². The predicted molar refractivity (Wildman–Crippen MR) is 75.4 cm³/mol. The molecule has 2 rings (SSSR count). The first-order valence-electron chi connectivity index (χ1n) is 5.98. The highest BCUT2D eigenvalue weighted by Crippen LogP contribution is 2.12. The number of benzene rings is 1. The maximum atomic E-state index is 11.8. The average Bonchev–Trinajstić information content (AvgIpc) is 2.83. The highest BCUT2D eigenvalue weighted by molar-refractivity contribution is 7.09. The largest absolute Gasteiger partial charge is 0.497 e. The van der Waals surface area contributed by atoms with Crippen molar-refractivity contribution in [3.8, 4) is 5.75 Å². The summed E-state index contributed by atoms with van der Waals surface area (Å²) in [5, 5.41) is 5.78. The lowest BCUT2D eigenvalue weighted by Gasteiger charge is -2.04. The van der Waals surface area contributed by atoms with E-state index in [1.54, 1.807) is 18.4 Å². The molecule has 0 aliphatic rings. The molecule has 0 aliphatic heterocycles. The molecular weight excluding hydrogens is 260 g/mol. The van der Waals surface area contributed by atoms with Crippen LogP contribution in [0.2, 0.25) is 0 Å². The fourth-order valence-electron chi connectivity index (χ4n) is 1.65. The topological polar surface area (TPSA) is 51.2 Å². The second kappa shape index (κ2) is 6.33. The quantitative estimate of drug-likeness (QED) is 0.911. The molecule has 5 heteroatoms. The number of aromatic nitrogens is 1. The molecule has 0 fully saturated rings. The van der Waals surface area contributed by atoms with Crippen LogP contribution in [0, 0.1) is 6.92 Å². The second-order valence-corrected chi connectivity index (χ2v) is 5.13. The van der Waals surface area contributed by atoms with Gasteiger partial charge < -0.3 is 10.1 Å². The third-order valence-electron chi connectivity index (χ3n) is 2.63. The van der Waals surface area contributed by atoms with Crippen molar-refractivity contribution in [3.05, 3.63) is 45.9 Å². The highest BCUT2D eigenvalue weighted by atomic mass is 32.1. The standard InChI is InChI=1S/C14H16N2O2S/c1-10-9-19-14(16-10)8-15-13(17)7-11-3-5-12(18-2)6-4-11/h3-6,9H,7-8H2,1-2H3,(H,15,17). The monoisotopic (exact) mass is 276 g/mol. The molecule has 0 bridgehead atoms. The van der Waals surface area contributed by atoms with Crippen LogP contribution in [0.1, 0.15) is 16.3 Å². The van der Waals surface area contributed by atoms with Crippen molar-refractivity contribution in [3.63, 3.8) is 0 Å². The molecule has 1 N–H and O–H groups in total. The zero-order valence-electron chi connectivity index (χ0n) is 11.0. The minimum Gasteiger partial charge on any atom is -0.497 e. The summed E-state index contributed by atoms with van der Waals surface area (Å²) in [5.41, 5.74) is 1.96. The predicted octanol–water partition coefficient (Wildman–Crippen LogP) is 2.32. The number of aryl methyl sites for hydroxylation is 1. The van der Waals surface area contributed by atoms with Crippen LogP contribution in [-0.2, 0) is 17.8 Å². The van der Waals surface area contributed by atoms with Crippen LogP contribution >= 0.6 is 11.3 Å². The molecule has 1 aromatic heterocycles. The summed E-state index contributed by atoms with van der Waals surface area (Å²) in [5.74, 6) is 0.792. The summed E-state index contributed by atoms with van der Waals surface area (Å²) in [6.45, 7) is 2.44. The summed E-state index contributed by atoms with van der Waals surface area (Å²) in [4.78, 5) is 16.1. The van der Waals surface area contributed by atoms with Gasteiger partial charge in [-0.2, -0.15) is 0 Å². The Balaban J connectivity index is 1.83. The number of methoxy groups -OCH3 is 1. The number of rotatable bonds is 5. The Morgan fingerprint density at radius 3 is 2.68 bits per heavy atom. The smallest absolute Gasteiger partial charge is 0.224 e. The molecule has 2 aromatic rings. The summed E-state index contributed by atoms with van der Waals surface area (Å²) >= 11 is 1.56. The maximum Gasteiger partial charge on any atom is 0.224 e. The minimum atomic E-state index is -0.00183. The number of hydrogen-bond donors (Lipinski definition) is 1. The van der Waals surface area contributed by atoms with E-state index in [4.69, 9.17) is 4.74 Å². The van der Waals surface area contributed by atoms with Crippen molar-refractivity contribution in [2.24, 2.45) is 0 Å². The zero-order valence-corrected chi connectivity index (χ0v) is 11.8. The summed E-state index contributed by atoms with van der Waals surface area (Å²) in [7, 11) is 1.62. The van der Waals surface area contributed by atoms with Crippen LogP contribution < -0.4 is 10.1 Å². The number of nitrogens with zero attached hydrogens (tertiary/aromatic N) is 1. The van der Waals surface area contributed by atoms with Crippen molar-refractivity contribution in [1.29, 1.82) is 0 Å². The van der Waals surface area contributed by atoms with Crippen LogP contribution in [0.15, 0.2) is 29.6 Å². The van der Waals surface area contributed by atoms with Crippen molar-refractivity contribution in [1.82, 2.24) is 10.3 Å². The SMILES string of the molecule is COc1ccc(CC(=O)NCc2nc(C)cs2)cc1. The van der Waals surface area contributed by atoms with E-state index < -0.39 is 0 Å². The normalized spacial score (nSPS) is 10.2. The first-order valence-corrected chi connectivity index (χ1v) is 6.86. The Morgan fingerprint density at radius 2 is 2.11 bits per heavy atom. The van der Waals surface area contributed by atoms with Gasteiger partial charge in [-0.3, -0.25) is 4.79 Å². The molecule has 0 aliphatic carbocycles. The van der Waals surface area contributed by atoms with E-state index in [0.29, 0.717) is 13.0 Å². The first kappa shape index (κ1) is 13.5. The van der Waals surface area contributed by atoms with E-state index in [-0.39, 0.29) is 5.91 Å². The van der Waals surface area contributed by atoms with Gasteiger partial charge in [0.2, 0.25) is 5.91 Å². The van der Waals surface area contributed by atoms with Crippen molar-refractivity contribution in [2.45, 2.75) is 19.9 Å². The van der Waals surface area contributed by atoms with Crippen LogP contribution in [-0.4, -0.2) is 18.0 Å². The van der Waals surface area contributed by atoms with E-state index >= 15 is 0 Å². The summed E-state index contributed by atoms with van der Waals surface area (Å²) < 4.78 is 5.07. The van der Waals surface area contributed by atoms with E-state index in [9.17, 15) is 4.79 Å². The van der Waals surface area contributed by atoms with Gasteiger partial charge in [-0.25, -0.2) is 4.98 Å². The van der Waals surface area contributed by atoms with Crippen LogP contribution in [0.25, 0.3) is 0 Å². The van der Waals surface area contributed by atoms with Crippen molar-refractivity contribution in [2.75, 3.05) is 7.11 Å². The number of ether oxygens (including phenoxy) is 1. The molecule has 0 saturated heterocycles. The summed E-state index contributed by atoms with van der Waals surface area (Å²) in [6, 6.07) is 7.50. The van der Waals surface area contributed by atoms with Gasteiger partial charge in [0.25, 0.3) is 0 Å². The minimum absolute atomic E-state index is 0.00183. The van der Waals surface area contributed by atoms with Crippen molar-refractivity contribution >= 4 is 17.2 Å². The molecule has 4 nitrogen and oxygen atoms in total. The molecular formula is C14H16N2O2S. The molecule has 1 aromatic carbocycles. The van der Waals surface area contributed by atoms with E-state index in [0.717, 1.165) is 22.0 Å². The first-order chi connectivity index (χ1) is 9.17. The Bertz CT molecular complexity index is 549. The average molecular weight is 276 g/mol. The third kappa shape index (κ3) is 4.06. The molecule has 19 heavy (non-hydrogen) atoms. The number of hydrogen-bond acceptors (Lipinski definition) is 4. The second-order valence-electron chi connectivity index (χ2n) is 4.18. The molecule has 0 spiro atoms. The fraction of sp³-hybridized carbons (Fsp3) is 0.286. The molecule has 1 heterocycles. The van der Waals surface area contributed by atoms with Gasteiger partial charge in [-0.05, 0) is 24.6 Å². The van der Waals surface area contributed by atoms with Crippen LogP contribution in [0.5, 0.6) is 5.75 Å². The zero-order chi connectivity index (χ0) is 13.7. The lowest BCUT2D eigenvalue weighted by molar-refractivity contribution is -0.120. The number of carbonyl (C=O) groups is 1. The Kier molecular flexibility index (Phi) is 4.52. The number of nitrogens with one attached hydrogen (secondary N) is 1. The fourth-order valence-corrected chi connectivity index (χ4v) is 2.36. The van der Waals surface area contributed by atoms with Gasteiger partial charge in [0, 0.05) is 11.1 Å². The van der Waals surface area contributed by atoms with Gasteiger partial charge >= 0.3 is 0 Å². The highest BCUT2D eigenvalue weighted by Gasteiger charge is 2.05. The Morgan fingerprint density at radius 1 is 1.37 bits per heavy atom. The number of carbonyl (C=O) groups excluding carboxylic acids is 1. The molecule has 1 amide bonds. The molecule has 0 atom stereocenters. The lowest BCUT2D eigenvalue weighted by Crippen LogP contribution is -2.24. The lowest BCUT2D eigenvalue weighted by atomic mass is 10.1. The van der Waals surface area contributed by atoms with Gasteiger partial charge in [-0.15, -0.1) is 11.3 Å². The van der Waals surface area contributed by atoms with Crippen molar-refractivity contribution < 1.29 is 9.53 Å². The number of amides is 1. The van der Waals surface area contributed by atoms with Gasteiger partial charge in [0.15, 0.2) is 0 Å². The molecule has 0 radical (unpaired) electrons. The maximum absolute atomic E-state index is 11.8. The van der Waals surface area contributed by atoms with E-state index in [1.807, 2.05) is 36.6 Å². The number of thiazole rings is 1. The Labute approximate surface area is 116 Å². The summed E-state index contributed by atoms with van der Waals surface area (Å²) in [6.07, 6.45) is 0.369. The molecule has 0 saturated carbocycles.